The van der Waals surface area contributed by atoms with Crippen LogP contribution in [0, 0.1) is 12.8 Å². The Hall–Kier alpha value is -1.42. The molecular formula is C11H16ClN3O. The predicted molar refractivity (Wildman–Crippen MR) is 67.3 cm³/mol. The number of amidine groups is 1. The Balaban J connectivity index is 2.68. The molecule has 88 valence electrons. The number of para-hydroxylation sites is 1. The van der Waals surface area contributed by atoms with Crippen molar-refractivity contribution in [3.8, 4) is 0 Å². The van der Waals surface area contributed by atoms with Crippen molar-refractivity contribution in [3.63, 3.8) is 0 Å². The quantitative estimate of drug-likeness (QED) is 0.328. The number of rotatable bonds is 4. The van der Waals surface area contributed by atoms with E-state index < -0.39 is 0 Å². The molecule has 4 N–H and O–H groups in total. The highest BCUT2D eigenvalue weighted by Crippen LogP contribution is 2.25. The highest BCUT2D eigenvalue weighted by Gasteiger charge is 2.09. The zero-order valence-corrected chi connectivity index (χ0v) is 10.1. The van der Waals surface area contributed by atoms with Crippen LogP contribution in [0.5, 0.6) is 0 Å². The summed E-state index contributed by atoms with van der Waals surface area (Å²) in [5.41, 5.74) is 7.44. The summed E-state index contributed by atoms with van der Waals surface area (Å²) in [5.74, 6) is 0.151. The van der Waals surface area contributed by atoms with Crippen LogP contribution in [0.3, 0.4) is 0 Å². The van der Waals surface area contributed by atoms with Gasteiger partial charge >= 0.3 is 0 Å². The minimum Gasteiger partial charge on any atom is -0.409 e. The normalized spacial score (nSPS) is 13.6. The van der Waals surface area contributed by atoms with Gasteiger partial charge in [0, 0.05) is 12.5 Å². The molecule has 0 saturated heterocycles. The zero-order valence-electron chi connectivity index (χ0n) is 9.37. The van der Waals surface area contributed by atoms with E-state index in [1.807, 2.05) is 32.0 Å². The maximum atomic E-state index is 8.52. The lowest BCUT2D eigenvalue weighted by atomic mass is 10.1. The predicted octanol–water partition coefficient (Wildman–Crippen LogP) is 2.44. The summed E-state index contributed by atoms with van der Waals surface area (Å²) >= 11 is 6.05. The second-order valence-corrected chi connectivity index (χ2v) is 4.15. The second-order valence-electron chi connectivity index (χ2n) is 3.74. The fourth-order valence-electron chi connectivity index (χ4n) is 1.31. The van der Waals surface area contributed by atoms with Crippen LogP contribution >= 0.6 is 11.6 Å². The Labute approximate surface area is 100 Å². The van der Waals surface area contributed by atoms with Crippen molar-refractivity contribution in [2.45, 2.75) is 13.8 Å². The second kappa shape index (κ2) is 5.61. The van der Waals surface area contributed by atoms with Crippen molar-refractivity contribution in [1.29, 1.82) is 0 Å². The summed E-state index contributed by atoms with van der Waals surface area (Å²) in [6.45, 7) is 4.41. The molecule has 1 atom stereocenters. The number of hydrogen-bond donors (Lipinski definition) is 3. The highest BCUT2D eigenvalue weighted by molar-refractivity contribution is 6.33. The van der Waals surface area contributed by atoms with Crippen molar-refractivity contribution in [2.75, 3.05) is 11.9 Å². The van der Waals surface area contributed by atoms with Gasteiger partial charge < -0.3 is 16.3 Å². The van der Waals surface area contributed by atoms with Gasteiger partial charge in [-0.3, -0.25) is 0 Å². The lowest BCUT2D eigenvalue weighted by Gasteiger charge is -2.15. The first-order valence-electron chi connectivity index (χ1n) is 5.02. The van der Waals surface area contributed by atoms with Crippen molar-refractivity contribution < 1.29 is 5.21 Å². The molecule has 5 heteroatoms. The molecule has 0 aliphatic carbocycles. The molecule has 1 unspecified atom stereocenters. The molecule has 0 aromatic heterocycles. The molecule has 0 spiro atoms. The fraction of sp³-hybridized carbons (Fsp3) is 0.364. The van der Waals surface area contributed by atoms with Gasteiger partial charge in [-0.2, -0.15) is 0 Å². The average Bonchev–Trinajstić information content (AvgIpc) is 2.27. The number of nitrogens with zero attached hydrogens (tertiary/aromatic N) is 1. The molecule has 0 amide bonds. The van der Waals surface area contributed by atoms with E-state index in [2.05, 4.69) is 10.5 Å². The van der Waals surface area contributed by atoms with Gasteiger partial charge in [-0.05, 0) is 18.6 Å². The van der Waals surface area contributed by atoms with E-state index in [0.717, 1.165) is 11.3 Å². The van der Waals surface area contributed by atoms with Crippen LogP contribution in [0.15, 0.2) is 23.4 Å². The summed E-state index contributed by atoms with van der Waals surface area (Å²) in [7, 11) is 0. The zero-order chi connectivity index (χ0) is 12.1. The number of nitrogens with two attached hydrogens (primary N) is 1. The van der Waals surface area contributed by atoms with Crippen molar-refractivity contribution in [1.82, 2.24) is 0 Å². The number of halogens is 1. The number of hydrogen-bond acceptors (Lipinski definition) is 3. The number of nitrogens with one attached hydrogen (secondary N) is 1. The third-order valence-corrected chi connectivity index (χ3v) is 2.74. The molecule has 0 bridgehead atoms. The molecule has 16 heavy (non-hydrogen) atoms. The first-order chi connectivity index (χ1) is 7.56. The van der Waals surface area contributed by atoms with E-state index in [0.29, 0.717) is 11.6 Å². The molecule has 1 rings (SSSR count). The van der Waals surface area contributed by atoms with Crippen LogP contribution in [-0.2, 0) is 0 Å². The SMILES string of the molecule is Cc1cccc(Cl)c1NCC(C)C(N)=NO. The Bertz CT molecular complexity index is 373. The Morgan fingerprint density at radius 3 is 2.88 bits per heavy atom. The minimum absolute atomic E-state index is 0.0549. The Kier molecular flexibility index (Phi) is 4.43. The number of aryl methyl sites for hydroxylation is 1. The van der Waals surface area contributed by atoms with E-state index in [1.165, 1.54) is 0 Å². The molecule has 0 aliphatic heterocycles. The van der Waals surface area contributed by atoms with E-state index >= 15 is 0 Å². The molecule has 0 fully saturated rings. The van der Waals surface area contributed by atoms with Crippen molar-refractivity contribution in [2.24, 2.45) is 16.8 Å². The van der Waals surface area contributed by atoms with Gasteiger partial charge in [0.05, 0.1) is 10.7 Å². The third kappa shape index (κ3) is 3.03. The Morgan fingerprint density at radius 1 is 1.62 bits per heavy atom. The van der Waals surface area contributed by atoms with Gasteiger partial charge in [-0.1, -0.05) is 35.8 Å². The summed E-state index contributed by atoms with van der Waals surface area (Å²) in [5, 5.41) is 15.4. The molecule has 1 aromatic carbocycles. The molecule has 0 radical (unpaired) electrons. The van der Waals surface area contributed by atoms with E-state index in [-0.39, 0.29) is 11.8 Å². The number of anilines is 1. The van der Waals surface area contributed by atoms with Gasteiger partial charge in [0.25, 0.3) is 0 Å². The molecule has 0 saturated carbocycles. The van der Waals surface area contributed by atoms with Crippen LogP contribution in [0.2, 0.25) is 5.02 Å². The first kappa shape index (κ1) is 12.6. The van der Waals surface area contributed by atoms with Crippen LogP contribution in [-0.4, -0.2) is 17.6 Å². The lowest BCUT2D eigenvalue weighted by Crippen LogP contribution is -2.27. The van der Waals surface area contributed by atoms with Crippen molar-refractivity contribution >= 4 is 23.1 Å². The summed E-state index contributed by atoms with van der Waals surface area (Å²) in [6, 6.07) is 5.70. The lowest BCUT2D eigenvalue weighted by molar-refractivity contribution is 0.315. The van der Waals surface area contributed by atoms with Crippen LogP contribution < -0.4 is 11.1 Å². The molecule has 4 nitrogen and oxygen atoms in total. The first-order valence-corrected chi connectivity index (χ1v) is 5.40. The monoisotopic (exact) mass is 241 g/mol. The van der Waals surface area contributed by atoms with E-state index in [4.69, 9.17) is 22.5 Å². The average molecular weight is 242 g/mol. The fourth-order valence-corrected chi connectivity index (χ4v) is 1.60. The minimum atomic E-state index is -0.0549. The summed E-state index contributed by atoms with van der Waals surface area (Å²) < 4.78 is 0. The number of benzene rings is 1. The Morgan fingerprint density at radius 2 is 2.31 bits per heavy atom. The molecule has 1 aromatic rings. The smallest absolute Gasteiger partial charge is 0.143 e. The summed E-state index contributed by atoms with van der Waals surface area (Å²) in [4.78, 5) is 0. The van der Waals surface area contributed by atoms with E-state index in [9.17, 15) is 0 Å². The third-order valence-electron chi connectivity index (χ3n) is 2.43. The topological polar surface area (TPSA) is 70.6 Å². The molecule has 0 aliphatic rings. The van der Waals surface area contributed by atoms with Gasteiger partial charge in [0.15, 0.2) is 0 Å². The van der Waals surface area contributed by atoms with Gasteiger partial charge in [-0.15, -0.1) is 0 Å². The van der Waals surface area contributed by atoms with Gasteiger partial charge in [0.2, 0.25) is 0 Å². The maximum Gasteiger partial charge on any atom is 0.143 e. The summed E-state index contributed by atoms with van der Waals surface area (Å²) in [6.07, 6.45) is 0. The van der Waals surface area contributed by atoms with Crippen LogP contribution in [0.1, 0.15) is 12.5 Å². The van der Waals surface area contributed by atoms with Gasteiger partial charge in [0.1, 0.15) is 5.84 Å². The standard InChI is InChI=1S/C11H16ClN3O/c1-7-4-3-5-9(12)10(7)14-6-8(2)11(13)15-16/h3-5,8,14,16H,6H2,1-2H3,(H2,13,15). The van der Waals surface area contributed by atoms with E-state index in [1.54, 1.807) is 0 Å². The maximum absolute atomic E-state index is 8.52. The van der Waals surface area contributed by atoms with Crippen LogP contribution in [0.4, 0.5) is 5.69 Å². The van der Waals surface area contributed by atoms with Gasteiger partial charge in [-0.25, -0.2) is 0 Å². The highest BCUT2D eigenvalue weighted by atomic mass is 35.5. The molecule has 0 heterocycles. The van der Waals surface area contributed by atoms with Crippen molar-refractivity contribution in [3.05, 3.63) is 28.8 Å². The number of oxime groups is 1. The van der Waals surface area contributed by atoms with Crippen LogP contribution in [0.25, 0.3) is 0 Å². The molecular weight excluding hydrogens is 226 g/mol. The largest absolute Gasteiger partial charge is 0.409 e.